The van der Waals surface area contributed by atoms with Crippen molar-refractivity contribution in [2.75, 3.05) is 13.1 Å². The molecule has 0 unspecified atom stereocenters. The van der Waals surface area contributed by atoms with E-state index >= 15 is 0 Å². The Balaban J connectivity index is 1.55. The predicted octanol–water partition coefficient (Wildman–Crippen LogP) is 1.72. The van der Waals surface area contributed by atoms with E-state index in [4.69, 9.17) is 5.73 Å². The molecule has 3 rings (SSSR count). The van der Waals surface area contributed by atoms with Gasteiger partial charge in [-0.3, -0.25) is 14.4 Å². The Morgan fingerprint density at radius 2 is 1.79 bits per heavy atom. The summed E-state index contributed by atoms with van der Waals surface area (Å²) in [6.45, 7) is 3.54. The van der Waals surface area contributed by atoms with Crippen molar-refractivity contribution in [3.63, 3.8) is 0 Å². The monoisotopic (exact) mass is 382 g/mol. The lowest BCUT2D eigenvalue weighted by Crippen LogP contribution is -2.41. The highest BCUT2D eigenvalue weighted by Gasteiger charge is 2.25. The van der Waals surface area contributed by atoms with Crippen LogP contribution in [0.25, 0.3) is 11.3 Å². The normalized spacial score (nSPS) is 14.8. The van der Waals surface area contributed by atoms with Gasteiger partial charge in [-0.05, 0) is 32.3 Å². The van der Waals surface area contributed by atoms with E-state index in [1.807, 2.05) is 31.2 Å². The summed E-state index contributed by atoms with van der Waals surface area (Å²) < 4.78 is 1.42. The molecular weight excluding hydrogens is 356 g/mol. The first-order valence-corrected chi connectivity index (χ1v) is 9.66. The zero-order valence-corrected chi connectivity index (χ0v) is 16.1. The minimum Gasteiger partial charge on any atom is -0.369 e. The Labute approximate surface area is 164 Å². The van der Waals surface area contributed by atoms with Crippen molar-refractivity contribution >= 4 is 11.8 Å². The molecule has 7 heteroatoms. The summed E-state index contributed by atoms with van der Waals surface area (Å²) in [5.41, 5.74) is 8.00. The first-order valence-electron chi connectivity index (χ1n) is 9.66. The number of nitrogens with two attached hydrogens (primary N) is 1. The molecule has 1 fully saturated rings. The quantitative estimate of drug-likeness (QED) is 0.822. The van der Waals surface area contributed by atoms with Gasteiger partial charge < -0.3 is 10.6 Å². The van der Waals surface area contributed by atoms with Crippen molar-refractivity contribution in [3.05, 3.63) is 52.3 Å². The lowest BCUT2D eigenvalue weighted by atomic mass is 9.96. The van der Waals surface area contributed by atoms with Gasteiger partial charge in [0.2, 0.25) is 11.8 Å². The Bertz CT molecular complexity index is 897. The molecule has 2 aromatic rings. The molecule has 28 heavy (non-hydrogen) atoms. The van der Waals surface area contributed by atoms with E-state index in [0.29, 0.717) is 45.3 Å². The van der Waals surface area contributed by atoms with Gasteiger partial charge >= 0.3 is 0 Å². The smallest absolute Gasteiger partial charge is 0.266 e. The molecule has 2 N–H and O–H groups in total. The van der Waals surface area contributed by atoms with Gasteiger partial charge in [0.15, 0.2) is 0 Å². The molecule has 0 atom stereocenters. The SMILES string of the molecule is Cc1ccc(-c2ccc(=O)n(CCCC(=O)N3CCC(C(N)=O)CC3)n2)cc1. The summed E-state index contributed by atoms with van der Waals surface area (Å²) in [5.74, 6) is -0.368. The molecule has 0 bridgehead atoms. The van der Waals surface area contributed by atoms with Crippen molar-refractivity contribution in [2.45, 2.75) is 39.2 Å². The molecule has 0 radical (unpaired) electrons. The Kier molecular flexibility index (Phi) is 6.23. The van der Waals surface area contributed by atoms with Crippen LogP contribution in [-0.2, 0) is 16.1 Å². The number of carbonyl (C=O) groups is 2. The fraction of sp³-hybridized carbons (Fsp3) is 0.429. The molecule has 1 aliphatic heterocycles. The van der Waals surface area contributed by atoms with Crippen LogP contribution in [-0.4, -0.2) is 39.6 Å². The van der Waals surface area contributed by atoms with Crippen LogP contribution in [0.1, 0.15) is 31.2 Å². The third kappa shape index (κ3) is 4.85. The number of aromatic nitrogens is 2. The van der Waals surface area contributed by atoms with Crippen LogP contribution in [0.4, 0.5) is 0 Å². The highest BCUT2D eigenvalue weighted by molar-refractivity contribution is 5.78. The number of hydrogen-bond donors (Lipinski definition) is 1. The van der Waals surface area contributed by atoms with Crippen molar-refractivity contribution < 1.29 is 9.59 Å². The number of piperidine rings is 1. The number of primary amides is 1. The molecule has 2 amide bonds. The van der Waals surface area contributed by atoms with E-state index in [9.17, 15) is 14.4 Å². The molecule has 7 nitrogen and oxygen atoms in total. The summed E-state index contributed by atoms with van der Waals surface area (Å²) in [7, 11) is 0. The van der Waals surface area contributed by atoms with Crippen LogP contribution in [0.15, 0.2) is 41.2 Å². The van der Waals surface area contributed by atoms with Gasteiger partial charge in [-0.1, -0.05) is 29.8 Å². The number of rotatable bonds is 6. The number of nitrogens with zero attached hydrogens (tertiary/aromatic N) is 3. The number of hydrogen-bond acceptors (Lipinski definition) is 4. The fourth-order valence-electron chi connectivity index (χ4n) is 3.44. The minimum atomic E-state index is -0.286. The summed E-state index contributed by atoms with van der Waals surface area (Å²) >= 11 is 0. The van der Waals surface area contributed by atoms with E-state index in [0.717, 1.165) is 16.8 Å². The van der Waals surface area contributed by atoms with E-state index in [2.05, 4.69) is 5.10 Å². The predicted molar refractivity (Wildman–Crippen MR) is 106 cm³/mol. The number of benzene rings is 1. The van der Waals surface area contributed by atoms with Gasteiger partial charge in [-0.15, -0.1) is 0 Å². The molecule has 1 aromatic carbocycles. The van der Waals surface area contributed by atoms with E-state index in [1.165, 1.54) is 10.7 Å². The molecule has 1 aliphatic rings. The second-order valence-electron chi connectivity index (χ2n) is 7.31. The highest BCUT2D eigenvalue weighted by atomic mass is 16.2. The minimum absolute atomic E-state index is 0.0469. The topological polar surface area (TPSA) is 98.3 Å². The molecule has 2 heterocycles. The molecule has 0 aliphatic carbocycles. The molecule has 148 valence electrons. The molecule has 1 saturated heterocycles. The first-order chi connectivity index (χ1) is 13.4. The Hall–Kier alpha value is -2.96. The zero-order chi connectivity index (χ0) is 20.1. The largest absolute Gasteiger partial charge is 0.369 e. The Morgan fingerprint density at radius 1 is 1.11 bits per heavy atom. The number of carbonyl (C=O) groups excluding carboxylic acids is 2. The van der Waals surface area contributed by atoms with Gasteiger partial charge in [-0.25, -0.2) is 4.68 Å². The average Bonchev–Trinajstić information content (AvgIpc) is 2.70. The standard InChI is InChI=1S/C21H26N4O3/c1-15-4-6-16(7-5-15)18-8-9-20(27)25(23-18)12-2-3-19(26)24-13-10-17(11-14-24)21(22)28/h4-9,17H,2-3,10-14H2,1H3,(H2,22,28). The maximum Gasteiger partial charge on any atom is 0.266 e. The van der Waals surface area contributed by atoms with Crippen LogP contribution in [0.5, 0.6) is 0 Å². The average molecular weight is 382 g/mol. The van der Waals surface area contributed by atoms with E-state index < -0.39 is 0 Å². The van der Waals surface area contributed by atoms with Crippen LogP contribution in [0.2, 0.25) is 0 Å². The maximum atomic E-state index is 12.4. The van der Waals surface area contributed by atoms with Crippen molar-refractivity contribution in [1.82, 2.24) is 14.7 Å². The van der Waals surface area contributed by atoms with E-state index in [-0.39, 0.29) is 23.3 Å². The van der Waals surface area contributed by atoms with Crippen molar-refractivity contribution in [1.29, 1.82) is 0 Å². The van der Waals surface area contributed by atoms with Crippen LogP contribution in [0.3, 0.4) is 0 Å². The summed E-state index contributed by atoms with van der Waals surface area (Å²) in [6.07, 6.45) is 2.14. The summed E-state index contributed by atoms with van der Waals surface area (Å²) in [6, 6.07) is 11.2. The van der Waals surface area contributed by atoms with Gasteiger partial charge in [0.1, 0.15) is 0 Å². The second-order valence-corrected chi connectivity index (χ2v) is 7.31. The van der Waals surface area contributed by atoms with Crippen molar-refractivity contribution in [3.8, 4) is 11.3 Å². The lowest BCUT2D eigenvalue weighted by Gasteiger charge is -2.30. The molecule has 1 aromatic heterocycles. The second kappa shape index (κ2) is 8.82. The van der Waals surface area contributed by atoms with Crippen molar-refractivity contribution in [2.24, 2.45) is 11.7 Å². The molecule has 0 spiro atoms. The maximum absolute atomic E-state index is 12.4. The summed E-state index contributed by atoms with van der Waals surface area (Å²) in [4.78, 5) is 37.5. The molecular formula is C21H26N4O3. The van der Waals surface area contributed by atoms with E-state index in [1.54, 1.807) is 11.0 Å². The zero-order valence-electron chi connectivity index (χ0n) is 16.1. The lowest BCUT2D eigenvalue weighted by molar-refractivity contribution is -0.135. The van der Waals surface area contributed by atoms with Gasteiger partial charge in [0.25, 0.3) is 5.56 Å². The van der Waals surface area contributed by atoms with Crippen LogP contribution < -0.4 is 11.3 Å². The van der Waals surface area contributed by atoms with Crippen LogP contribution >= 0.6 is 0 Å². The first kappa shape index (κ1) is 19.8. The number of likely N-dealkylation sites (tertiary alicyclic amines) is 1. The van der Waals surface area contributed by atoms with Gasteiger partial charge in [-0.2, -0.15) is 5.10 Å². The summed E-state index contributed by atoms with van der Waals surface area (Å²) in [5, 5.41) is 4.44. The van der Waals surface area contributed by atoms with Crippen LogP contribution in [0, 0.1) is 12.8 Å². The molecule has 0 saturated carbocycles. The Morgan fingerprint density at radius 3 is 2.43 bits per heavy atom. The highest BCUT2D eigenvalue weighted by Crippen LogP contribution is 2.18. The van der Waals surface area contributed by atoms with Gasteiger partial charge in [0.05, 0.1) is 5.69 Å². The fourth-order valence-corrected chi connectivity index (χ4v) is 3.44. The number of aryl methyl sites for hydroxylation is 2. The van der Waals surface area contributed by atoms with Gasteiger partial charge in [0, 0.05) is 43.6 Å². The third-order valence-electron chi connectivity index (χ3n) is 5.22. The number of amides is 2. The third-order valence-corrected chi connectivity index (χ3v) is 5.22.